The van der Waals surface area contributed by atoms with Gasteiger partial charge in [-0.05, 0) is 54.3 Å². The lowest BCUT2D eigenvalue weighted by Gasteiger charge is -2.30. The van der Waals surface area contributed by atoms with Crippen molar-refractivity contribution in [1.29, 1.82) is 0 Å². The van der Waals surface area contributed by atoms with Crippen LogP contribution in [0.4, 0.5) is 0 Å². The van der Waals surface area contributed by atoms with E-state index in [2.05, 4.69) is 0 Å². The molecule has 28 heavy (non-hydrogen) atoms. The second kappa shape index (κ2) is 8.74. The maximum Gasteiger partial charge on any atom is 0.317 e. The van der Waals surface area contributed by atoms with Crippen molar-refractivity contribution in [3.05, 3.63) is 65.7 Å². The average molecular weight is 380 g/mol. The lowest BCUT2D eigenvalue weighted by Crippen LogP contribution is -2.34. The number of carbonyl (C=O) groups is 2. The number of methoxy groups -OCH3 is 2. The highest BCUT2D eigenvalue weighted by molar-refractivity contribution is 6.10. The second-order valence-corrected chi connectivity index (χ2v) is 6.58. The van der Waals surface area contributed by atoms with E-state index in [0.717, 1.165) is 22.4 Å². The monoisotopic (exact) mass is 380 g/mol. The van der Waals surface area contributed by atoms with Crippen LogP contribution in [-0.4, -0.2) is 32.6 Å². The molecule has 5 heteroatoms. The van der Waals surface area contributed by atoms with Crippen molar-refractivity contribution in [3.63, 3.8) is 0 Å². The van der Waals surface area contributed by atoms with E-state index in [1.54, 1.807) is 27.2 Å². The summed E-state index contributed by atoms with van der Waals surface area (Å²) in [6, 6.07) is 15.0. The number of ether oxygens (including phenoxy) is 3. The smallest absolute Gasteiger partial charge is 0.317 e. The predicted octanol–water partition coefficient (Wildman–Crippen LogP) is 4.02. The molecule has 2 aromatic rings. The molecule has 0 amide bonds. The molecule has 2 aromatic carbocycles. The van der Waals surface area contributed by atoms with E-state index >= 15 is 0 Å². The van der Waals surface area contributed by atoms with Crippen LogP contribution in [-0.2, 0) is 14.3 Å². The van der Waals surface area contributed by atoms with Crippen molar-refractivity contribution in [2.45, 2.75) is 19.3 Å². The minimum Gasteiger partial charge on any atom is -0.497 e. The van der Waals surface area contributed by atoms with E-state index in [4.69, 9.17) is 14.2 Å². The van der Waals surface area contributed by atoms with E-state index in [0.29, 0.717) is 12.2 Å². The highest BCUT2D eigenvalue weighted by Gasteiger charge is 2.40. The van der Waals surface area contributed by atoms with Crippen molar-refractivity contribution in [1.82, 2.24) is 0 Å². The average Bonchev–Trinajstić information content (AvgIpc) is 2.73. The van der Waals surface area contributed by atoms with E-state index in [-0.39, 0.29) is 18.3 Å². The van der Waals surface area contributed by atoms with Crippen molar-refractivity contribution in [2.24, 2.45) is 5.92 Å². The molecule has 2 unspecified atom stereocenters. The van der Waals surface area contributed by atoms with Crippen LogP contribution in [0.3, 0.4) is 0 Å². The van der Waals surface area contributed by atoms with E-state index < -0.39 is 11.9 Å². The summed E-state index contributed by atoms with van der Waals surface area (Å²) in [7, 11) is 3.20. The summed E-state index contributed by atoms with van der Waals surface area (Å²) in [4.78, 5) is 25.5. The molecule has 146 valence electrons. The van der Waals surface area contributed by atoms with Gasteiger partial charge in [0.2, 0.25) is 0 Å². The van der Waals surface area contributed by atoms with Gasteiger partial charge in [0.15, 0.2) is 5.78 Å². The number of para-hydroxylation sites is 1. The van der Waals surface area contributed by atoms with Gasteiger partial charge in [0, 0.05) is 5.92 Å². The molecule has 0 aromatic heterocycles. The van der Waals surface area contributed by atoms with Crippen LogP contribution in [0.2, 0.25) is 0 Å². The molecule has 0 saturated carbocycles. The normalized spacial score (nSPS) is 19.0. The first-order valence-electron chi connectivity index (χ1n) is 9.27. The van der Waals surface area contributed by atoms with E-state index in [1.807, 2.05) is 48.5 Å². The van der Waals surface area contributed by atoms with Crippen LogP contribution in [0, 0.1) is 5.92 Å². The van der Waals surface area contributed by atoms with Gasteiger partial charge in [0.25, 0.3) is 0 Å². The molecule has 1 aliphatic rings. The van der Waals surface area contributed by atoms with Crippen molar-refractivity contribution < 1.29 is 23.8 Å². The first-order valence-corrected chi connectivity index (χ1v) is 9.27. The molecule has 0 aliphatic heterocycles. The van der Waals surface area contributed by atoms with Crippen LogP contribution in [0.25, 0.3) is 5.57 Å². The van der Waals surface area contributed by atoms with E-state index in [9.17, 15) is 9.59 Å². The SMILES string of the molecule is CCOC(=O)C1C(=O)C=C(c2ccc(OC)cc2)CC1c1ccccc1OC. The molecule has 0 spiro atoms. The summed E-state index contributed by atoms with van der Waals surface area (Å²) in [5, 5.41) is 0. The quantitative estimate of drug-likeness (QED) is 0.559. The summed E-state index contributed by atoms with van der Waals surface area (Å²) in [5.74, 6) is -0.564. The van der Waals surface area contributed by atoms with Gasteiger partial charge in [-0.25, -0.2) is 0 Å². The molecule has 0 saturated heterocycles. The summed E-state index contributed by atoms with van der Waals surface area (Å²) in [5.41, 5.74) is 2.64. The zero-order valence-electron chi connectivity index (χ0n) is 16.3. The third-order valence-electron chi connectivity index (χ3n) is 5.00. The van der Waals surface area contributed by atoms with Gasteiger partial charge in [-0.1, -0.05) is 30.3 Å². The summed E-state index contributed by atoms with van der Waals surface area (Å²) < 4.78 is 15.9. The highest BCUT2D eigenvalue weighted by Crippen LogP contribution is 2.43. The molecule has 2 atom stereocenters. The van der Waals surface area contributed by atoms with Crippen molar-refractivity contribution in [2.75, 3.05) is 20.8 Å². The lowest BCUT2D eigenvalue weighted by atomic mass is 9.73. The molecule has 5 nitrogen and oxygen atoms in total. The molecule has 1 aliphatic carbocycles. The summed E-state index contributed by atoms with van der Waals surface area (Å²) >= 11 is 0. The largest absolute Gasteiger partial charge is 0.497 e. The van der Waals surface area contributed by atoms with Gasteiger partial charge in [0.1, 0.15) is 17.4 Å². The third-order valence-corrected chi connectivity index (χ3v) is 5.00. The van der Waals surface area contributed by atoms with Gasteiger partial charge in [0.05, 0.1) is 20.8 Å². The number of hydrogen-bond donors (Lipinski definition) is 0. The molecule has 0 heterocycles. The minimum absolute atomic E-state index is 0.232. The summed E-state index contributed by atoms with van der Waals surface area (Å²) in [6.45, 7) is 1.97. The molecule has 0 N–H and O–H groups in total. The molecular weight excluding hydrogens is 356 g/mol. The number of carbonyl (C=O) groups excluding carboxylic acids is 2. The summed E-state index contributed by atoms with van der Waals surface area (Å²) in [6.07, 6.45) is 2.09. The number of benzene rings is 2. The first kappa shape index (κ1) is 19.7. The van der Waals surface area contributed by atoms with Crippen LogP contribution < -0.4 is 9.47 Å². The molecular formula is C23H24O5. The van der Waals surface area contributed by atoms with Crippen LogP contribution in [0.5, 0.6) is 11.5 Å². The standard InChI is InChI=1S/C23H24O5/c1-4-28-23(25)22-19(18-7-5-6-8-21(18)27-3)13-16(14-20(22)24)15-9-11-17(26-2)12-10-15/h5-12,14,19,22H,4,13H2,1-3H3. The van der Waals surface area contributed by atoms with Crippen molar-refractivity contribution >= 4 is 17.3 Å². The highest BCUT2D eigenvalue weighted by atomic mass is 16.5. The van der Waals surface area contributed by atoms with Crippen LogP contribution >= 0.6 is 0 Å². The Morgan fingerprint density at radius 1 is 1.04 bits per heavy atom. The van der Waals surface area contributed by atoms with Gasteiger partial charge >= 0.3 is 5.97 Å². The van der Waals surface area contributed by atoms with Gasteiger partial charge in [-0.15, -0.1) is 0 Å². The fourth-order valence-corrected chi connectivity index (χ4v) is 3.65. The lowest BCUT2D eigenvalue weighted by molar-refractivity contribution is -0.151. The van der Waals surface area contributed by atoms with Crippen LogP contribution in [0.15, 0.2) is 54.6 Å². The first-order chi connectivity index (χ1) is 13.6. The molecule has 0 bridgehead atoms. The van der Waals surface area contributed by atoms with E-state index in [1.165, 1.54) is 0 Å². The minimum atomic E-state index is -0.877. The van der Waals surface area contributed by atoms with Gasteiger partial charge in [-0.2, -0.15) is 0 Å². The Morgan fingerprint density at radius 2 is 1.75 bits per heavy atom. The Bertz CT molecular complexity index is 882. The topological polar surface area (TPSA) is 61.8 Å². The number of hydrogen-bond acceptors (Lipinski definition) is 5. The Morgan fingerprint density at radius 3 is 2.39 bits per heavy atom. The van der Waals surface area contributed by atoms with Crippen LogP contribution in [0.1, 0.15) is 30.4 Å². The number of allylic oxidation sites excluding steroid dienone is 2. The Hall–Kier alpha value is -3.08. The van der Waals surface area contributed by atoms with Crippen molar-refractivity contribution in [3.8, 4) is 11.5 Å². The molecule has 0 radical (unpaired) electrons. The fourth-order valence-electron chi connectivity index (χ4n) is 3.65. The predicted molar refractivity (Wildman–Crippen MR) is 106 cm³/mol. The van der Waals surface area contributed by atoms with Gasteiger partial charge < -0.3 is 14.2 Å². The second-order valence-electron chi connectivity index (χ2n) is 6.58. The molecule has 3 rings (SSSR count). The Balaban J connectivity index is 2.04. The Labute approximate surface area is 164 Å². The third kappa shape index (κ3) is 3.93. The maximum absolute atomic E-state index is 13.0. The fraction of sp³-hybridized carbons (Fsp3) is 0.304. The maximum atomic E-state index is 13.0. The number of ketones is 1. The zero-order chi connectivity index (χ0) is 20.1. The molecule has 0 fully saturated rings. The zero-order valence-corrected chi connectivity index (χ0v) is 16.3. The number of esters is 1. The number of rotatable bonds is 6. The van der Waals surface area contributed by atoms with Gasteiger partial charge in [-0.3, -0.25) is 9.59 Å². The Kier molecular flexibility index (Phi) is 6.14.